The number of hydrogen-bond donors (Lipinski definition) is 2. The van der Waals surface area contributed by atoms with Gasteiger partial charge in [0.1, 0.15) is 11.5 Å². The lowest BCUT2D eigenvalue weighted by Gasteiger charge is -2.09. The van der Waals surface area contributed by atoms with Gasteiger partial charge in [-0.1, -0.05) is 19.1 Å². The summed E-state index contributed by atoms with van der Waals surface area (Å²) in [5.41, 5.74) is 2.05. The number of aryl methyl sites for hydroxylation is 1. The molecule has 2 rings (SSSR count). The highest BCUT2D eigenvalue weighted by Gasteiger charge is 2.11. The van der Waals surface area contributed by atoms with Gasteiger partial charge in [0.2, 0.25) is 0 Å². The molecule has 0 saturated heterocycles. The maximum absolute atomic E-state index is 12.1. The molecule has 110 valence electrons. The average molecular weight is 349 g/mol. The summed E-state index contributed by atoms with van der Waals surface area (Å²) < 4.78 is 0.868. The fraction of sp³-hybridized carbons (Fsp3) is 0.267. The lowest BCUT2D eigenvalue weighted by atomic mass is 10.2. The standard InChI is InChI=1S/C15H17BrN4O/c1-3-7-17-13-9-18-12(8-19-13)15(21)20-11-6-4-5-10(2)14(11)16/h4-6,8-9H,3,7H2,1-2H3,(H,17,19)(H,20,21). The number of nitrogens with one attached hydrogen (secondary N) is 2. The second kappa shape index (κ2) is 7.17. The van der Waals surface area contributed by atoms with Gasteiger partial charge in [0, 0.05) is 11.0 Å². The third kappa shape index (κ3) is 4.01. The first-order valence-electron chi connectivity index (χ1n) is 6.74. The summed E-state index contributed by atoms with van der Waals surface area (Å²) in [6, 6.07) is 5.69. The van der Waals surface area contributed by atoms with Crippen molar-refractivity contribution in [3.63, 3.8) is 0 Å². The summed E-state index contributed by atoms with van der Waals surface area (Å²) in [4.78, 5) is 20.4. The third-order valence-electron chi connectivity index (χ3n) is 2.88. The summed E-state index contributed by atoms with van der Waals surface area (Å²) in [5, 5.41) is 5.94. The number of amides is 1. The number of halogens is 1. The maximum Gasteiger partial charge on any atom is 0.275 e. The van der Waals surface area contributed by atoms with Crippen molar-refractivity contribution in [2.45, 2.75) is 20.3 Å². The van der Waals surface area contributed by atoms with Gasteiger partial charge < -0.3 is 10.6 Å². The molecule has 0 aliphatic rings. The first kappa shape index (κ1) is 15.4. The SMILES string of the molecule is CCCNc1cnc(C(=O)Nc2cccc(C)c2Br)cn1. The number of carbonyl (C=O) groups is 1. The monoisotopic (exact) mass is 348 g/mol. The Morgan fingerprint density at radius 1 is 1.29 bits per heavy atom. The van der Waals surface area contributed by atoms with E-state index in [2.05, 4.69) is 43.5 Å². The first-order valence-corrected chi connectivity index (χ1v) is 7.53. The van der Waals surface area contributed by atoms with Gasteiger partial charge in [-0.05, 0) is 40.9 Å². The Kier molecular flexibility index (Phi) is 5.27. The van der Waals surface area contributed by atoms with Crippen LogP contribution in [0.2, 0.25) is 0 Å². The van der Waals surface area contributed by atoms with Crippen molar-refractivity contribution in [3.05, 3.63) is 46.3 Å². The smallest absolute Gasteiger partial charge is 0.275 e. The van der Waals surface area contributed by atoms with Gasteiger partial charge in [-0.15, -0.1) is 0 Å². The Hall–Kier alpha value is -1.95. The molecule has 0 bridgehead atoms. The average Bonchev–Trinajstić information content (AvgIpc) is 2.50. The molecule has 2 aromatic rings. The normalized spacial score (nSPS) is 10.2. The fourth-order valence-electron chi connectivity index (χ4n) is 1.72. The molecule has 2 N–H and O–H groups in total. The number of rotatable bonds is 5. The first-order chi connectivity index (χ1) is 10.1. The summed E-state index contributed by atoms with van der Waals surface area (Å²) in [5.74, 6) is 0.390. The van der Waals surface area contributed by atoms with E-state index < -0.39 is 0 Å². The minimum absolute atomic E-state index is 0.282. The van der Waals surface area contributed by atoms with Gasteiger partial charge in [0.15, 0.2) is 0 Å². The molecule has 0 aliphatic carbocycles. The summed E-state index contributed by atoms with van der Waals surface area (Å²) >= 11 is 3.46. The van der Waals surface area contributed by atoms with Crippen molar-refractivity contribution < 1.29 is 4.79 Å². The molecule has 0 fully saturated rings. The zero-order valence-electron chi connectivity index (χ0n) is 12.0. The lowest BCUT2D eigenvalue weighted by molar-refractivity contribution is 0.102. The van der Waals surface area contributed by atoms with Gasteiger partial charge in [-0.25, -0.2) is 9.97 Å². The maximum atomic E-state index is 12.1. The number of benzene rings is 1. The van der Waals surface area contributed by atoms with E-state index >= 15 is 0 Å². The van der Waals surface area contributed by atoms with E-state index in [1.54, 1.807) is 6.20 Å². The Labute approximate surface area is 132 Å². The van der Waals surface area contributed by atoms with E-state index in [1.165, 1.54) is 6.20 Å². The van der Waals surface area contributed by atoms with Crippen molar-refractivity contribution in [2.75, 3.05) is 17.2 Å². The largest absolute Gasteiger partial charge is 0.369 e. The molecule has 1 aromatic heterocycles. The molecular weight excluding hydrogens is 332 g/mol. The minimum atomic E-state index is -0.282. The van der Waals surface area contributed by atoms with Crippen molar-refractivity contribution in [1.82, 2.24) is 9.97 Å². The van der Waals surface area contributed by atoms with Crippen LogP contribution in [0, 0.1) is 6.92 Å². The van der Waals surface area contributed by atoms with Crippen molar-refractivity contribution in [2.24, 2.45) is 0 Å². The number of carbonyl (C=O) groups excluding carboxylic acids is 1. The molecule has 21 heavy (non-hydrogen) atoms. The van der Waals surface area contributed by atoms with E-state index in [1.807, 2.05) is 25.1 Å². The summed E-state index contributed by atoms with van der Waals surface area (Å²) in [6.07, 6.45) is 4.04. The van der Waals surface area contributed by atoms with Crippen LogP contribution in [0.1, 0.15) is 29.4 Å². The molecule has 0 unspecified atom stereocenters. The Bertz CT molecular complexity index is 628. The molecule has 0 saturated carbocycles. The van der Waals surface area contributed by atoms with Gasteiger partial charge in [-0.3, -0.25) is 4.79 Å². The highest BCUT2D eigenvalue weighted by atomic mass is 79.9. The number of hydrogen-bond acceptors (Lipinski definition) is 4. The molecule has 1 amide bonds. The Balaban J connectivity index is 2.08. The minimum Gasteiger partial charge on any atom is -0.369 e. The molecule has 1 aromatic carbocycles. The molecule has 0 aliphatic heterocycles. The second-order valence-electron chi connectivity index (χ2n) is 4.60. The van der Waals surface area contributed by atoms with Crippen molar-refractivity contribution in [3.8, 4) is 0 Å². The van der Waals surface area contributed by atoms with E-state index in [0.717, 1.165) is 28.7 Å². The van der Waals surface area contributed by atoms with Gasteiger partial charge >= 0.3 is 0 Å². The molecule has 0 atom stereocenters. The Morgan fingerprint density at radius 2 is 2.10 bits per heavy atom. The highest BCUT2D eigenvalue weighted by Crippen LogP contribution is 2.25. The predicted octanol–water partition coefficient (Wildman–Crippen LogP) is 3.62. The molecule has 1 heterocycles. The van der Waals surface area contributed by atoms with E-state index in [0.29, 0.717) is 5.82 Å². The van der Waals surface area contributed by atoms with Crippen LogP contribution < -0.4 is 10.6 Å². The summed E-state index contributed by atoms with van der Waals surface area (Å²) in [7, 11) is 0. The van der Waals surface area contributed by atoms with Crippen molar-refractivity contribution in [1.29, 1.82) is 0 Å². The van der Waals surface area contributed by atoms with Gasteiger partial charge in [-0.2, -0.15) is 0 Å². The second-order valence-corrected chi connectivity index (χ2v) is 5.40. The quantitative estimate of drug-likeness (QED) is 0.865. The van der Waals surface area contributed by atoms with Crippen LogP contribution in [-0.2, 0) is 0 Å². The van der Waals surface area contributed by atoms with E-state index in [9.17, 15) is 4.79 Å². The van der Waals surface area contributed by atoms with Crippen molar-refractivity contribution >= 4 is 33.3 Å². The van der Waals surface area contributed by atoms with Crippen LogP contribution in [0.5, 0.6) is 0 Å². The van der Waals surface area contributed by atoms with Crippen LogP contribution >= 0.6 is 15.9 Å². The predicted molar refractivity (Wildman–Crippen MR) is 87.6 cm³/mol. The van der Waals surface area contributed by atoms with E-state index in [-0.39, 0.29) is 11.6 Å². The fourth-order valence-corrected chi connectivity index (χ4v) is 2.08. The molecule has 0 spiro atoms. The number of aromatic nitrogens is 2. The van der Waals surface area contributed by atoms with Crippen LogP contribution in [0.4, 0.5) is 11.5 Å². The van der Waals surface area contributed by atoms with E-state index in [4.69, 9.17) is 0 Å². The molecule has 5 nitrogen and oxygen atoms in total. The topological polar surface area (TPSA) is 66.9 Å². The molecular formula is C15H17BrN4O. The third-order valence-corrected chi connectivity index (χ3v) is 3.93. The lowest BCUT2D eigenvalue weighted by Crippen LogP contribution is -2.15. The molecule has 6 heteroatoms. The molecule has 0 radical (unpaired) electrons. The zero-order valence-corrected chi connectivity index (χ0v) is 13.6. The Morgan fingerprint density at radius 3 is 2.76 bits per heavy atom. The number of nitrogens with zero attached hydrogens (tertiary/aromatic N) is 2. The van der Waals surface area contributed by atoms with Crippen LogP contribution in [-0.4, -0.2) is 22.4 Å². The highest BCUT2D eigenvalue weighted by molar-refractivity contribution is 9.10. The van der Waals surface area contributed by atoms with Crippen LogP contribution in [0.25, 0.3) is 0 Å². The van der Waals surface area contributed by atoms with Gasteiger partial charge in [0.05, 0.1) is 18.1 Å². The van der Waals surface area contributed by atoms with Crippen LogP contribution in [0.15, 0.2) is 35.1 Å². The summed E-state index contributed by atoms with van der Waals surface area (Å²) in [6.45, 7) is 4.87. The zero-order chi connectivity index (χ0) is 15.2. The number of anilines is 2. The van der Waals surface area contributed by atoms with Crippen LogP contribution in [0.3, 0.4) is 0 Å². The van der Waals surface area contributed by atoms with Gasteiger partial charge in [0.25, 0.3) is 5.91 Å².